The van der Waals surface area contributed by atoms with Gasteiger partial charge in [-0.05, 0) is 36.4 Å². The number of sulfonamides is 1. The van der Waals surface area contributed by atoms with Crippen molar-refractivity contribution in [1.82, 2.24) is 4.98 Å². The summed E-state index contributed by atoms with van der Waals surface area (Å²) in [4.78, 5) is 3.30. The second kappa shape index (κ2) is 5.45. The SMILES string of the molecule is O=S(=O)(Nc1nc2ccc(Cl)cc2s1)c1cc(F)ccc1F. The minimum Gasteiger partial charge on any atom is -0.255 e. The van der Waals surface area contributed by atoms with E-state index >= 15 is 0 Å². The Morgan fingerprint density at radius 1 is 1.14 bits per heavy atom. The fraction of sp³-hybridized carbons (Fsp3) is 0. The molecule has 3 aromatic rings. The summed E-state index contributed by atoms with van der Waals surface area (Å²) in [7, 11) is -4.27. The summed E-state index contributed by atoms with van der Waals surface area (Å²) in [5, 5.41) is 0.530. The molecule has 3 rings (SSSR count). The van der Waals surface area contributed by atoms with Gasteiger partial charge < -0.3 is 0 Å². The Hall–Kier alpha value is -1.77. The van der Waals surface area contributed by atoms with E-state index in [2.05, 4.69) is 9.71 Å². The number of thiazole rings is 1. The molecule has 1 heterocycles. The normalized spacial score (nSPS) is 11.8. The molecule has 114 valence electrons. The van der Waals surface area contributed by atoms with E-state index in [1.165, 1.54) is 0 Å². The molecule has 0 fully saturated rings. The zero-order valence-electron chi connectivity index (χ0n) is 10.7. The van der Waals surface area contributed by atoms with Gasteiger partial charge in [-0.25, -0.2) is 22.2 Å². The molecule has 0 atom stereocenters. The summed E-state index contributed by atoms with van der Waals surface area (Å²) < 4.78 is 53.8. The van der Waals surface area contributed by atoms with Crippen molar-refractivity contribution in [2.24, 2.45) is 0 Å². The van der Waals surface area contributed by atoms with Crippen LogP contribution in [0.5, 0.6) is 0 Å². The smallest absolute Gasteiger partial charge is 0.255 e. The van der Waals surface area contributed by atoms with Gasteiger partial charge in [0.1, 0.15) is 16.5 Å². The number of hydrogen-bond donors (Lipinski definition) is 1. The monoisotopic (exact) mass is 360 g/mol. The lowest BCUT2D eigenvalue weighted by Gasteiger charge is -2.06. The number of benzene rings is 2. The lowest BCUT2D eigenvalue weighted by molar-refractivity contribution is 0.555. The van der Waals surface area contributed by atoms with Crippen LogP contribution < -0.4 is 4.72 Å². The second-order valence-electron chi connectivity index (χ2n) is 4.31. The van der Waals surface area contributed by atoms with Crippen LogP contribution >= 0.6 is 22.9 Å². The van der Waals surface area contributed by atoms with Crippen LogP contribution in [0.15, 0.2) is 41.3 Å². The van der Waals surface area contributed by atoms with Gasteiger partial charge in [0.05, 0.1) is 10.2 Å². The third-order valence-electron chi connectivity index (χ3n) is 2.75. The first-order chi connectivity index (χ1) is 10.3. The standard InChI is InChI=1S/C13H7ClF2N2O2S2/c14-7-1-4-10-11(5-7)21-13(17-10)18-22(19,20)12-6-8(15)2-3-9(12)16/h1-6H,(H,17,18). The average molecular weight is 361 g/mol. The van der Waals surface area contributed by atoms with Crippen LogP contribution in [0.3, 0.4) is 0 Å². The molecule has 4 nitrogen and oxygen atoms in total. The highest BCUT2D eigenvalue weighted by Crippen LogP contribution is 2.30. The number of nitrogens with zero attached hydrogens (tertiary/aromatic N) is 1. The third-order valence-corrected chi connectivity index (χ3v) is 5.41. The Morgan fingerprint density at radius 3 is 2.68 bits per heavy atom. The zero-order valence-corrected chi connectivity index (χ0v) is 13.1. The minimum absolute atomic E-state index is 0.0425. The highest BCUT2D eigenvalue weighted by atomic mass is 35.5. The first kappa shape index (κ1) is 15.1. The molecule has 22 heavy (non-hydrogen) atoms. The van der Waals surface area contributed by atoms with Crippen LogP contribution in [0.25, 0.3) is 10.2 Å². The molecule has 0 saturated carbocycles. The molecule has 0 spiro atoms. The van der Waals surface area contributed by atoms with E-state index in [9.17, 15) is 17.2 Å². The molecule has 0 unspecified atom stereocenters. The molecule has 0 aliphatic heterocycles. The van der Waals surface area contributed by atoms with Crippen LogP contribution in [0.4, 0.5) is 13.9 Å². The molecule has 0 radical (unpaired) electrons. The van der Waals surface area contributed by atoms with Crippen molar-refractivity contribution in [3.63, 3.8) is 0 Å². The average Bonchev–Trinajstić information content (AvgIpc) is 2.81. The topological polar surface area (TPSA) is 59.1 Å². The number of hydrogen-bond acceptors (Lipinski definition) is 4. The summed E-state index contributed by atoms with van der Waals surface area (Å²) in [6.45, 7) is 0. The number of anilines is 1. The largest absolute Gasteiger partial charge is 0.266 e. The molecule has 0 bridgehead atoms. The first-order valence-corrected chi connectivity index (χ1v) is 8.57. The van der Waals surface area contributed by atoms with Gasteiger partial charge >= 0.3 is 0 Å². The molecule has 0 saturated heterocycles. The van der Waals surface area contributed by atoms with E-state index < -0.39 is 26.6 Å². The Bertz CT molecular complexity index is 973. The maximum absolute atomic E-state index is 13.6. The van der Waals surface area contributed by atoms with Crippen LogP contribution in [0.2, 0.25) is 5.02 Å². The molecular formula is C13H7ClF2N2O2S2. The molecule has 0 amide bonds. The van der Waals surface area contributed by atoms with Gasteiger partial charge in [-0.1, -0.05) is 22.9 Å². The number of aromatic nitrogens is 1. The van der Waals surface area contributed by atoms with Crippen molar-refractivity contribution in [2.45, 2.75) is 4.90 Å². The molecule has 2 aromatic carbocycles. The summed E-state index contributed by atoms with van der Waals surface area (Å²) in [6.07, 6.45) is 0. The predicted molar refractivity (Wildman–Crippen MR) is 81.8 cm³/mol. The van der Waals surface area contributed by atoms with Crippen LogP contribution in [-0.2, 0) is 10.0 Å². The Kier molecular flexibility index (Phi) is 3.75. The second-order valence-corrected chi connectivity index (χ2v) is 7.43. The highest BCUT2D eigenvalue weighted by molar-refractivity contribution is 7.93. The maximum Gasteiger partial charge on any atom is 0.266 e. The summed E-state index contributed by atoms with van der Waals surface area (Å²) in [6, 6.07) is 7.09. The van der Waals surface area contributed by atoms with E-state index in [0.29, 0.717) is 21.3 Å². The first-order valence-electron chi connectivity index (χ1n) is 5.89. The van der Waals surface area contributed by atoms with Crippen LogP contribution in [0, 0.1) is 11.6 Å². The number of fused-ring (bicyclic) bond motifs is 1. The zero-order chi connectivity index (χ0) is 15.9. The van der Waals surface area contributed by atoms with Gasteiger partial charge in [0.25, 0.3) is 10.0 Å². The van der Waals surface area contributed by atoms with E-state index in [-0.39, 0.29) is 5.13 Å². The quantitative estimate of drug-likeness (QED) is 0.767. The molecule has 0 aliphatic carbocycles. The molecule has 1 aromatic heterocycles. The lowest BCUT2D eigenvalue weighted by Crippen LogP contribution is -2.14. The summed E-state index contributed by atoms with van der Waals surface area (Å²) >= 11 is 6.89. The van der Waals surface area contributed by atoms with Crippen molar-refractivity contribution in [3.8, 4) is 0 Å². The molecule has 9 heteroatoms. The number of nitrogens with one attached hydrogen (secondary N) is 1. The van der Waals surface area contributed by atoms with E-state index in [1.54, 1.807) is 18.2 Å². The molecule has 1 N–H and O–H groups in total. The Labute approximate surface area is 133 Å². The third kappa shape index (κ3) is 2.90. The van der Waals surface area contributed by atoms with Gasteiger partial charge in [-0.15, -0.1) is 0 Å². The van der Waals surface area contributed by atoms with Gasteiger partial charge in [0.2, 0.25) is 0 Å². The molecule has 0 aliphatic rings. The maximum atomic E-state index is 13.6. The Morgan fingerprint density at radius 2 is 1.91 bits per heavy atom. The van der Waals surface area contributed by atoms with Gasteiger partial charge in [-0.2, -0.15) is 0 Å². The number of rotatable bonds is 3. The van der Waals surface area contributed by atoms with Crippen molar-refractivity contribution in [1.29, 1.82) is 0 Å². The fourth-order valence-electron chi connectivity index (χ4n) is 1.80. The van der Waals surface area contributed by atoms with Gasteiger partial charge in [0, 0.05) is 5.02 Å². The predicted octanol–water partition coefficient (Wildman–Crippen LogP) is 4.03. The van der Waals surface area contributed by atoms with Crippen molar-refractivity contribution in [2.75, 3.05) is 4.72 Å². The van der Waals surface area contributed by atoms with Crippen molar-refractivity contribution in [3.05, 3.63) is 53.1 Å². The van der Waals surface area contributed by atoms with E-state index in [4.69, 9.17) is 11.6 Å². The van der Waals surface area contributed by atoms with E-state index in [0.717, 1.165) is 23.5 Å². The lowest BCUT2D eigenvalue weighted by atomic mass is 10.3. The van der Waals surface area contributed by atoms with Gasteiger partial charge in [-0.3, -0.25) is 4.72 Å². The number of halogens is 3. The minimum atomic E-state index is -4.27. The Balaban J connectivity index is 2.00. The van der Waals surface area contributed by atoms with Crippen LogP contribution in [0.1, 0.15) is 0 Å². The summed E-state index contributed by atoms with van der Waals surface area (Å²) in [5.74, 6) is -1.89. The summed E-state index contributed by atoms with van der Waals surface area (Å²) in [5.41, 5.74) is 0.548. The van der Waals surface area contributed by atoms with E-state index in [1.807, 2.05) is 0 Å². The van der Waals surface area contributed by atoms with Gasteiger partial charge in [0.15, 0.2) is 5.13 Å². The van der Waals surface area contributed by atoms with Crippen molar-refractivity contribution >= 4 is 48.3 Å². The fourth-order valence-corrected chi connectivity index (χ4v) is 4.26. The van der Waals surface area contributed by atoms with Crippen LogP contribution in [-0.4, -0.2) is 13.4 Å². The molecular weight excluding hydrogens is 354 g/mol. The highest BCUT2D eigenvalue weighted by Gasteiger charge is 2.21. The van der Waals surface area contributed by atoms with Crippen molar-refractivity contribution < 1.29 is 17.2 Å².